The van der Waals surface area contributed by atoms with Crippen molar-refractivity contribution in [3.63, 3.8) is 0 Å². The van der Waals surface area contributed by atoms with Crippen molar-refractivity contribution in [3.8, 4) is 11.5 Å². The lowest BCUT2D eigenvalue weighted by atomic mass is 10.1. The molecule has 0 bridgehead atoms. The van der Waals surface area contributed by atoms with Gasteiger partial charge in [-0.3, -0.25) is 4.90 Å². The van der Waals surface area contributed by atoms with E-state index < -0.39 is 12.6 Å². The lowest BCUT2D eigenvalue weighted by molar-refractivity contribution is -0.0522. The van der Waals surface area contributed by atoms with E-state index in [4.69, 9.17) is 9.84 Å². The average molecular weight is 349 g/mol. The molecular formula is C18H17F2NO4. The van der Waals surface area contributed by atoms with Crippen molar-refractivity contribution in [1.82, 2.24) is 4.90 Å². The molecule has 0 atom stereocenters. The lowest BCUT2D eigenvalue weighted by Gasteiger charge is -2.19. The van der Waals surface area contributed by atoms with Gasteiger partial charge in [0, 0.05) is 25.2 Å². The van der Waals surface area contributed by atoms with E-state index in [1.54, 1.807) is 36.4 Å². The highest BCUT2D eigenvalue weighted by Crippen LogP contribution is 2.35. The summed E-state index contributed by atoms with van der Waals surface area (Å²) in [5.41, 5.74) is 2.79. The number of nitrogens with zero attached hydrogens (tertiary/aromatic N) is 1. The van der Waals surface area contributed by atoms with Gasteiger partial charge in [0.1, 0.15) is 0 Å². The van der Waals surface area contributed by atoms with Gasteiger partial charge in [-0.15, -0.1) is 0 Å². The van der Waals surface area contributed by atoms with Gasteiger partial charge in [-0.25, -0.2) is 4.79 Å². The van der Waals surface area contributed by atoms with E-state index in [-0.39, 0.29) is 17.1 Å². The number of rotatable bonds is 6. The summed E-state index contributed by atoms with van der Waals surface area (Å²) in [5, 5.41) is 9.08. The molecule has 1 heterocycles. The molecule has 132 valence electrons. The quantitative estimate of drug-likeness (QED) is 0.865. The zero-order valence-electron chi connectivity index (χ0n) is 13.5. The van der Waals surface area contributed by atoms with Crippen LogP contribution in [0, 0.1) is 0 Å². The first-order valence-corrected chi connectivity index (χ1v) is 7.66. The van der Waals surface area contributed by atoms with E-state index >= 15 is 0 Å². The van der Waals surface area contributed by atoms with Crippen LogP contribution in [-0.4, -0.2) is 29.7 Å². The van der Waals surface area contributed by atoms with Crippen LogP contribution >= 0.6 is 0 Å². The average Bonchev–Trinajstić information content (AvgIpc) is 2.97. The summed E-state index contributed by atoms with van der Waals surface area (Å²) in [5.74, 6) is -0.688. The van der Waals surface area contributed by atoms with Crippen LogP contribution in [-0.2, 0) is 19.6 Å². The molecule has 2 aromatic rings. The number of para-hydroxylation sites is 1. The second-order valence-corrected chi connectivity index (χ2v) is 5.76. The molecule has 0 spiro atoms. The smallest absolute Gasteiger partial charge is 0.387 e. The Balaban J connectivity index is 1.81. The molecule has 0 radical (unpaired) electrons. The van der Waals surface area contributed by atoms with Gasteiger partial charge in [0.15, 0.2) is 11.5 Å². The van der Waals surface area contributed by atoms with Crippen LogP contribution in [0.2, 0.25) is 0 Å². The Bertz CT molecular complexity index is 795. The number of methoxy groups -OCH3 is 1. The number of alkyl halides is 2. The van der Waals surface area contributed by atoms with Crippen LogP contribution in [0.3, 0.4) is 0 Å². The Morgan fingerprint density at radius 1 is 1.24 bits per heavy atom. The van der Waals surface area contributed by atoms with E-state index in [2.05, 4.69) is 4.74 Å². The number of carboxylic acid groups (broad SMARTS) is 1. The lowest BCUT2D eigenvalue weighted by Crippen LogP contribution is -2.17. The maximum atomic E-state index is 12.7. The monoisotopic (exact) mass is 349 g/mol. The van der Waals surface area contributed by atoms with Crippen LogP contribution in [0.4, 0.5) is 8.78 Å². The van der Waals surface area contributed by atoms with Gasteiger partial charge in [0.2, 0.25) is 0 Å². The third-order valence-corrected chi connectivity index (χ3v) is 4.12. The second kappa shape index (κ2) is 7.06. The highest BCUT2D eigenvalue weighted by molar-refractivity contribution is 5.87. The number of hydrogen-bond acceptors (Lipinski definition) is 4. The van der Waals surface area contributed by atoms with Gasteiger partial charge in [-0.1, -0.05) is 18.2 Å². The van der Waals surface area contributed by atoms with Crippen LogP contribution < -0.4 is 9.47 Å². The van der Waals surface area contributed by atoms with Crippen molar-refractivity contribution in [2.45, 2.75) is 26.2 Å². The molecule has 0 saturated heterocycles. The molecular weight excluding hydrogens is 332 g/mol. The van der Waals surface area contributed by atoms with Gasteiger partial charge < -0.3 is 14.6 Å². The molecule has 0 fully saturated rings. The molecule has 0 saturated carbocycles. The largest absolute Gasteiger partial charge is 0.493 e. The number of halogens is 2. The van der Waals surface area contributed by atoms with Gasteiger partial charge in [0.25, 0.3) is 0 Å². The number of ether oxygens (including phenoxy) is 2. The predicted octanol–water partition coefficient (Wildman–Crippen LogP) is 3.51. The number of fused-ring (bicyclic) bond motifs is 1. The van der Waals surface area contributed by atoms with Crippen LogP contribution in [0.15, 0.2) is 36.4 Å². The minimum Gasteiger partial charge on any atom is -0.493 e. The topological polar surface area (TPSA) is 59.0 Å². The predicted molar refractivity (Wildman–Crippen MR) is 86.0 cm³/mol. The highest BCUT2D eigenvalue weighted by Gasteiger charge is 2.23. The van der Waals surface area contributed by atoms with Gasteiger partial charge >= 0.3 is 12.6 Å². The summed E-state index contributed by atoms with van der Waals surface area (Å²) < 4.78 is 35.2. The maximum Gasteiger partial charge on any atom is 0.387 e. The fourth-order valence-electron chi connectivity index (χ4n) is 3.02. The number of hydrogen-bond donors (Lipinski definition) is 1. The molecule has 1 N–H and O–H groups in total. The van der Waals surface area contributed by atoms with Crippen molar-refractivity contribution < 1.29 is 28.2 Å². The Morgan fingerprint density at radius 3 is 2.68 bits per heavy atom. The number of benzene rings is 2. The molecule has 0 amide bonds. The second-order valence-electron chi connectivity index (χ2n) is 5.76. The zero-order chi connectivity index (χ0) is 18.0. The fraction of sp³-hybridized carbons (Fsp3) is 0.278. The standard InChI is InChI=1S/C18H17F2NO4/c1-24-15-4-2-3-13(16(15)25-18(19)20)9-21-8-12-6-5-11(17(22)23)7-14(12)10-21/h2-7,18H,8-10H2,1H3,(H,22,23). The van der Waals surface area contributed by atoms with Crippen molar-refractivity contribution in [2.24, 2.45) is 0 Å². The van der Waals surface area contributed by atoms with E-state index in [1.807, 2.05) is 4.90 Å². The molecule has 7 heteroatoms. The summed E-state index contributed by atoms with van der Waals surface area (Å²) in [6.45, 7) is -1.40. The highest BCUT2D eigenvalue weighted by atomic mass is 19.3. The first-order chi connectivity index (χ1) is 12.0. The third-order valence-electron chi connectivity index (χ3n) is 4.12. The molecule has 0 aromatic heterocycles. The minimum absolute atomic E-state index is 0.0298. The Labute approximate surface area is 143 Å². The van der Waals surface area contributed by atoms with Gasteiger partial charge in [-0.05, 0) is 29.3 Å². The van der Waals surface area contributed by atoms with Crippen molar-refractivity contribution in [2.75, 3.05) is 7.11 Å². The van der Waals surface area contributed by atoms with E-state index in [0.29, 0.717) is 25.2 Å². The molecule has 25 heavy (non-hydrogen) atoms. The Morgan fingerprint density at radius 2 is 2.00 bits per heavy atom. The molecule has 0 unspecified atom stereocenters. The van der Waals surface area contributed by atoms with E-state index in [0.717, 1.165) is 11.1 Å². The van der Waals surface area contributed by atoms with Gasteiger partial charge in [0.05, 0.1) is 12.7 Å². The summed E-state index contributed by atoms with van der Waals surface area (Å²) in [6.07, 6.45) is 0. The van der Waals surface area contributed by atoms with E-state index in [1.165, 1.54) is 7.11 Å². The fourth-order valence-corrected chi connectivity index (χ4v) is 3.02. The van der Waals surface area contributed by atoms with Crippen LogP contribution in [0.25, 0.3) is 0 Å². The molecule has 5 nitrogen and oxygen atoms in total. The molecule has 2 aromatic carbocycles. The van der Waals surface area contributed by atoms with Crippen LogP contribution in [0.5, 0.6) is 11.5 Å². The summed E-state index contributed by atoms with van der Waals surface area (Å²) in [7, 11) is 1.40. The van der Waals surface area contributed by atoms with Gasteiger partial charge in [-0.2, -0.15) is 8.78 Å². The molecule has 1 aliphatic rings. The van der Waals surface area contributed by atoms with Crippen molar-refractivity contribution in [1.29, 1.82) is 0 Å². The Kier molecular flexibility index (Phi) is 4.85. The number of aromatic carboxylic acids is 1. The maximum absolute atomic E-state index is 12.7. The Hall–Kier alpha value is -2.67. The summed E-state index contributed by atoms with van der Waals surface area (Å²) in [6, 6.07) is 10.0. The first kappa shape index (κ1) is 17.2. The number of carboxylic acids is 1. The molecule has 1 aliphatic heterocycles. The van der Waals surface area contributed by atoms with Crippen molar-refractivity contribution in [3.05, 3.63) is 58.7 Å². The van der Waals surface area contributed by atoms with E-state index in [9.17, 15) is 13.6 Å². The first-order valence-electron chi connectivity index (χ1n) is 7.66. The van der Waals surface area contributed by atoms with Crippen LogP contribution in [0.1, 0.15) is 27.0 Å². The summed E-state index contributed by atoms with van der Waals surface area (Å²) in [4.78, 5) is 13.1. The minimum atomic E-state index is -2.94. The third kappa shape index (κ3) is 3.71. The molecule has 3 rings (SSSR count). The SMILES string of the molecule is COc1cccc(CN2Cc3ccc(C(=O)O)cc3C2)c1OC(F)F. The number of carbonyl (C=O) groups is 1. The molecule has 0 aliphatic carbocycles. The van der Waals surface area contributed by atoms with Crippen molar-refractivity contribution >= 4 is 5.97 Å². The zero-order valence-corrected chi connectivity index (χ0v) is 13.5. The summed E-state index contributed by atoms with van der Waals surface area (Å²) >= 11 is 0. The normalized spacial score (nSPS) is 13.8.